The Morgan fingerprint density at radius 2 is 1.85 bits per heavy atom. The molecule has 4 N–H and O–H groups in total. The van der Waals surface area contributed by atoms with Crippen molar-refractivity contribution in [2.24, 2.45) is 5.73 Å². The third-order valence-electron chi connectivity index (χ3n) is 1.71. The molecule has 4 heteroatoms. The highest BCUT2D eigenvalue weighted by atomic mass is 79.9. The number of aromatic hydroxyl groups is 2. The maximum Gasteiger partial charge on any atom is 0.157 e. The number of aryl methyl sites for hydroxylation is 1. The summed E-state index contributed by atoms with van der Waals surface area (Å²) >= 11 is 0. The fraction of sp³-hybridized carbons (Fsp3) is 0.333. The SMILES string of the molecule is Br.NCCCc1ccc(O)c(O)c1. The smallest absolute Gasteiger partial charge is 0.157 e. The minimum atomic E-state index is -0.0773. The Hall–Kier alpha value is -0.740. The molecule has 1 aromatic carbocycles. The number of hydrogen-bond acceptors (Lipinski definition) is 3. The average molecular weight is 248 g/mol. The highest BCUT2D eigenvalue weighted by Crippen LogP contribution is 2.25. The first-order valence-electron chi connectivity index (χ1n) is 3.95. The van der Waals surface area contributed by atoms with Gasteiger partial charge in [-0.1, -0.05) is 6.07 Å². The molecule has 0 heterocycles. The van der Waals surface area contributed by atoms with Gasteiger partial charge in [0.2, 0.25) is 0 Å². The Labute approximate surface area is 88.0 Å². The van der Waals surface area contributed by atoms with Gasteiger partial charge in [0.05, 0.1) is 0 Å². The molecule has 0 atom stereocenters. The molecule has 1 aromatic rings. The van der Waals surface area contributed by atoms with E-state index < -0.39 is 0 Å². The van der Waals surface area contributed by atoms with E-state index in [1.54, 1.807) is 12.1 Å². The molecule has 0 amide bonds. The Kier molecular flexibility index (Phi) is 5.50. The lowest BCUT2D eigenvalue weighted by Crippen LogP contribution is -1.99. The molecule has 0 aliphatic carbocycles. The van der Waals surface area contributed by atoms with E-state index in [0.29, 0.717) is 6.54 Å². The van der Waals surface area contributed by atoms with Crippen molar-refractivity contribution in [1.82, 2.24) is 0 Å². The van der Waals surface area contributed by atoms with Crippen LogP contribution in [0, 0.1) is 0 Å². The molecule has 13 heavy (non-hydrogen) atoms. The van der Waals surface area contributed by atoms with Crippen molar-refractivity contribution in [3.63, 3.8) is 0 Å². The number of halogens is 1. The summed E-state index contributed by atoms with van der Waals surface area (Å²) in [5.41, 5.74) is 6.33. The molecule has 0 aromatic heterocycles. The summed E-state index contributed by atoms with van der Waals surface area (Å²) in [6.45, 7) is 0.641. The van der Waals surface area contributed by atoms with Crippen LogP contribution in [0.5, 0.6) is 11.5 Å². The maximum atomic E-state index is 9.12. The summed E-state index contributed by atoms with van der Waals surface area (Å²) in [7, 11) is 0. The molecule has 74 valence electrons. The number of phenols is 2. The van der Waals surface area contributed by atoms with Crippen molar-refractivity contribution >= 4 is 17.0 Å². The lowest BCUT2D eigenvalue weighted by atomic mass is 10.1. The van der Waals surface area contributed by atoms with Crippen LogP contribution in [-0.4, -0.2) is 16.8 Å². The third kappa shape index (κ3) is 3.65. The molecule has 0 radical (unpaired) electrons. The molecular weight excluding hydrogens is 234 g/mol. The van der Waals surface area contributed by atoms with E-state index in [1.807, 2.05) is 0 Å². The normalized spacial score (nSPS) is 9.31. The molecule has 3 nitrogen and oxygen atoms in total. The molecule has 0 saturated heterocycles. The van der Waals surface area contributed by atoms with Gasteiger partial charge in [0.15, 0.2) is 11.5 Å². The van der Waals surface area contributed by atoms with E-state index in [1.165, 1.54) is 6.07 Å². The number of hydrogen-bond donors (Lipinski definition) is 3. The fourth-order valence-electron chi connectivity index (χ4n) is 1.03. The number of phenolic OH excluding ortho intramolecular Hbond substituents is 2. The van der Waals surface area contributed by atoms with Gasteiger partial charge in [-0.3, -0.25) is 0 Å². The van der Waals surface area contributed by atoms with Crippen LogP contribution in [0.4, 0.5) is 0 Å². The third-order valence-corrected chi connectivity index (χ3v) is 1.71. The summed E-state index contributed by atoms with van der Waals surface area (Å²) in [6.07, 6.45) is 1.73. The van der Waals surface area contributed by atoms with E-state index in [2.05, 4.69) is 0 Å². The van der Waals surface area contributed by atoms with E-state index in [9.17, 15) is 0 Å². The van der Waals surface area contributed by atoms with Crippen molar-refractivity contribution in [2.75, 3.05) is 6.54 Å². The van der Waals surface area contributed by atoms with Crippen LogP contribution in [0.1, 0.15) is 12.0 Å². The van der Waals surface area contributed by atoms with Gasteiger partial charge in [0, 0.05) is 0 Å². The standard InChI is InChI=1S/C9H13NO2.BrH/c10-5-1-2-7-3-4-8(11)9(12)6-7;/h3-4,6,11-12H,1-2,5,10H2;1H. The molecule has 0 saturated carbocycles. The number of benzene rings is 1. The van der Waals surface area contributed by atoms with Crippen LogP contribution in [0.25, 0.3) is 0 Å². The van der Waals surface area contributed by atoms with Crippen LogP contribution in [0.3, 0.4) is 0 Å². The first kappa shape index (κ1) is 12.3. The first-order chi connectivity index (χ1) is 5.74. The van der Waals surface area contributed by atoms with Crippen molar-refractivity contribution in [1.29, 1.82) is 0 Å². The zero-order chi connectivity index (χ0) is 8.97. The van der Waals surface area contributed by atoms with Crippen LogP contribution in [0.15, 0.2) is 18.2 Å². The minimum Gasteiger partial charge on any atom is -0.504 e. The van der Waals surface area contributed by atoms with Crippen LogP contribution in [0.2, 0.25) is 0 Å². The van der Waals surface area contributed by atoms with Gasteiger partial charge in [-0.25, -0.2) is 0 Å². The second-order valence-corrected chi connectivity index (χ2v) is 2.72. The molecule has 0 spiro atoms. The second kappa shape index (κ2) is 5.83. The van der Waals surface area contributed by atoms with Crippen LogP contribution >= 0.6 is 17.0 Å². The van der Waals surface area contributed by atoms with Gasteiger partial charge in [0.1, 0.15) is 0 Å². The summed E-state index contributed by atoms with van der Waals surface area (Å²) in [6, 6.07) is 4.83. The topological polar surface area (TPSA) is 66.5 Å². The lowest BCUT2D eigenvalue weighted by molar-refractivity contribution is 0.403. The van der Waals surface area contributed by atoms with Gasteiger partial charge >= 0.3 is 0 Å². The Morgan fingerprint density at radius 3 is 2.38 bits per heavy atom. The van der Waals surface area contributed by atoms with Crippen LogP contribution < -0.4 is 5.73 Å². The van der Waals surface area contributed by atoms with Gasteiger partial charge in [0.25, 0.3) is 0 Å². The molecule has 0 unspecified atom stereocenters. The summed E-state index contributed by atoms with van der Waals surface area (Å²) < 4.78 is 0. The lowest BCUT2D eigenvalue weighted by Gasteiger charge is -2.01. The predicted molar refractivity (Wildman–Crippen MR) is 57.5 cm³/mol. The summed E-state index contributed by atoms with van der Waals surface area (Å²) in [4.78, 5) is 0. The van der Waals surface area contributed by atoms with Gasteiger partial charge in [-0.2, -0.15) is 0 Å². The Morgan fingerprint density at radius 1 is 1.15 bits per heavy atom. The Bertz CT molecular complexity index is 266. The van der Waals surface area contributed by atoms with Crippen LogP contribution in [-0.2, 0) is 6.42 Å². The molecule has 0 bridgehead atoms. The van der Waals surface area contributed by atoms with E-state index >= 15 is 0 Å². The van der Waals surface area contributed by atoms with E-state index in [-0.39, 0.29) is 28.5 Å². The number of nitrogens with two attached hydrogens (primary N) is 1. The van der Waals surface area contributed by atoms with Crippen molar-refractivity contribution in [2.45, 2.75) is 12.8 Å². The maximum absolute atomic E-state index is 9.12. The van der Waals surface area contributed by atoms with Crippen molar-refractivity contribution in [3.05, 3.63) is 23.8 Å². The largest absolute Gasteiger partial charge is 0.504 e. The predicted octanol–water partition coefficient (Wildman–Crippen LogP) is 1.57. The molecule has 0 aliphatic heterocycles. The van der Waals surface area contributed by atoms with Gasteiger partial charge < -0.3 is 15.9 Å². The molecular formula is C9H14BrNO2. The van der Waals surface area contributed by atoms with E-state index in [0.717, 1.165) is 18.4 Å². The molecule has 0 fully saturated rings. The summed E-state index contributed by atoms with van der Waals surface area (Å²) in [5, 5.41) is 18.1. The number of rotatable bonds is 3. The first-order valence-corrected chi connectivity index (χ1v) is 3.95. The van der Waals surface area contributed by atoms with Gasteiger partial charge in [-0.05, 0) is 37.1 Å². The average Bonchev–Trinajstić information content (AvgIpc) is 2.07. The monoisotopic (exact) mass is 247 g/mol. The molecule has 0 aliphatic rings. The fourth-order valence-corrected chi connectivity index (χ4v) is 1.03. The zero-order valence-electron chi connectivity index (χ0n) is 7.23. The van der Waals surface area contributed by atoms with E-state index in [4.69, 9.17) is 15.9 Å². The zero-order valence-corrected chi connectivity index (χ0v) is 8.95. The molecule has 1 rings (SSSR count). The summed E-state index contributed by atoms with van der Waals surface area (Å²) in [5.74, 6) is -0.143. The van der Waals surface area contributed by atoms with Crippen molar-refractivity contribution < 1.29 is 10.2 Å². The van der Waals surface area contributed by atoms with Gasteiger partial charge in [-0.15, -0.1) is 17.0 Å². The second-order valence-electron chi connectivity index (χ2n) is 2.72. The highest BCUT2D eigenvalue weighted by molar-refractivity contribution is 8.93. The Balaban J connectivity index is 0.00000144. The highest BCUT2D eigenvalue weighted by Gasteiger charge is 1.99. The quantitative estimate of drug-likeness (QED) is 0.711. The minimum absolute atomic E-state index is 0. The van der Waals surface area contributed by atoms with Crippen molar-refractivity contribution in [3.8, 4) is 11.5 Å².